The molecule has 164 valence electrons. The van der Waals surface area contributed by atoms with Gasteiger partial charge in [-0.3, -0.25) is 4.79 Å². The van der Waals surface area contributed by atoms with Crippen LogP contribution in [-0.2, 0) is 17.1 Å². The molecule has 3 rings (SSSR count). The van der Waals surface area contributed by atoms with Gasteiger partial charge in [-0.05, 0) is 43.2 Å². The number of hydrogen-bond acceptors (Lipinski definition) is 4. The van der Waals surface area contributed by atoms with Crippen LogP contribution in [0.15, 0.2) is 47.4 Å². The molecule has 1 saturated carbocycles. The minimum Gasteiger partial charge on any atom is -0.493 e. The van der Waals surface area contributed by atoms with Crippen LogP contribution in [0.2, 0.25) is 0 Å². The Morgan fingerprint density at radius 2 is 1.93 bits per heavy atom. The zero-order valence-corrected chi connectivity index (χ0v) is 17.8. The molecule has 1 aromatic heterocycles. The topological polar surface area (TPSA) is 77.4 Å². The largest absolute Gasteiger partial charge is 0.493 e. The fourth-order valence-electron chi connectivity index (χ4n) is 3.63. The van der Waals surface area contributed by atoms with Crippen molar-refractivity contribution in [2.24, 2.45) is 13.0 Å². The Labute approximate surface area is 174 Å². The van der Waals surface area contributed by atoms with E-state index >= 15 is 0 Å². The summed E-state index contributed by atoms with van der Waals surface area (Å²) in [6.45, 7) is 1.48. The predicted octanol–water partition coefficient (Wildman–Crippen LogP) is 3.17. The predicted molar refractivity (Wildman–Crippen MR) is 111 cm³/mol. The molecule has 1 aromatic carbocycles. The van der Waals surface area contributed by atoms with E-state index in [1.807, 2.05) is 0 Å². The van der Waals surface area contributed by atoms with Gasteiger partial charge in [0.05, 0.1) is 12.4 Å². The summed E-state index contributed by atoms with van der Waals surface area (Å²) in [4.78, 5) is 12.2. The van der Waals surface area contributed by atoms with Gasteiger partial charge in [-0.2, -0.15) is 0 Å². The van der Waals surface area contributed by atoms with Crippen molar-refractivity contribution in [2.75, 3.05) is 12.4 Å². The van der Waals surface area contributed by atoms with Gasteiger partial charge in [0, 0.05) is 43.6 Å². The van der Waals surface area contributed by atoms with Gasteiger partial charge in [-0.1, -0.05) is 12.1 Å². The summed E-state index contributed by atoms with van der Waals surface area (Å²) in [5.41, 5.74) is 1.15. The molecule has 0 spiro atoms. The first-order valence-electron chi connectivity index (χ1n) is 9.87. The zero-order chi connectivity index (χ0) is 21.9. The lowest BCUT2D eigenvalue weighted by atomic mass is 9.83. The van der Waals surface area contributed by atoms with Gasteiger partial charge < -0.3 is 9.30 Å². The van der Waals surface area contributed by atoms with E-state index in [1.165, 1.54) is 11.5 Å². The van der Waals surface area contributed by atoms with Crippen molar-refractivity contribution in [3.8, 4) is 16.9 Å². The molecule has 0 unspecified atom stereocenters. The molecule has 2 aromatic rings. The molecule has 0 amide bonds. The van der Waals surface area contributed by atoms with Crippen molar-refractivity contribution < 1.29 is 21.9 Å². The highest BCUT2D eigenvalue weighted by Gasteiger charge is 2.42. The Bertz CT molecular complexity index is 1040. The first-order chi connectivity index (χ1) is 14.1. The Hall–Kier alpha value is -2.26. The van der Waals surface area contributed by atoms with Gasteiger partial charge in [-0.25, -0.2) is 21.9 Å². The Balaban J connectivity index is 1.70. The maximum Gasteiger partial charge on any atom is 0.258 e. The van der Waals surface area contributed by atoms with E-state index in [0.29, 0.717) is 11.3 Å². The monoisotopic (exact) mass is 440 g/mol. The SMILES string of the molecule is CCS(=O)(=O)N[C@H]1CCC(F)(F)C[C@H]1COc1ccc(-c2cccn(C)c2=O)cc1. The number of ether oxygens (including phenoxy) is 1. The fraction of sp³-hybridized carbons (Fsp3) is 0.476. The van der Waals surface area contributed by atoms with Crippen LogP contribution in [0.1, 0.15) is 26.2 Å². The quantitative estimate of drug-likeness (QED) is 0.718. The number of rotatable bonds is 7. The molecule has 2 atom stereocenters. The number of nitrogens with zero attached hydrogens (tertiary/aromatic N) is 1. The van der Waals surface area contributed by atoms with Crippen LogP contribution < -0.4 is 15.0 Å². The van der Waals surface area contributed by atoms with Crippen LogP contribution in [0.5, 0.6) is 5.75 Å². The van der Waals surface area contributed by atoms with E-state index in [9.17, 15) is 22.0 Å². The summed E-state index contributed by atoms with van der Waals surface area (Å²) in [5, 5.41) is 0. The molecule has 1 fully saturated rings. The minimum absolute atomic E-state index is 0.0288. The number of aromatic nitrogens is 1. The second kappa shape index (κ2) is 8.85. The van der Waals surface area contributed by atoms with Gasteiger partial charge in [0.2, 0.25) is 15.9 Å². The van der Waals surface area contributed by atoms with E-state index in [-0.39, 0.29) is 30.8 Å². The zero-order valence-electron chi connectivity index (χ0n) is 17.0. The molecule has 1 heterocycles. The third kappa shape index (κ3) is 5.46. The molecule has 0 bridgehead atoms. The number of halogens is 2. The lowest BCUT2D eigenvalue weighted by molar-refractivity contribution is -0.0660. The van der Waals surface area contributed by atoms with Gasteiger partial charge in [0.1, 0.15) is 5.75 Å². The number of benzene rings is 1. The first kappa shape index (κ1) is 22.4. The molecule has 6 nitrogen and oxygen atoms in total. The van der Waals surface area contributed by atoms with Crippen molar-refractivity contribution in [3.63, 3.8) is 0 Å². The van der Waals surface area contributed by atoms with Crippen molar-refractivity contribution in [1.82, 2.24) is 9.29 Å². The highest BCUT2D eigenvalue weighted by molar-refractivity contribution is 7.89. The minimum atomic E-state index is -3.50. The average Bonchev–Trinajstić information content (AvgIpc) is 2.70. The fourth-order valence-corrected chi connectivity index (χ4v) is 4.56. The van der Waals surface area contributed by atoms with Crippen molar-refractivity contribution in [1.29, 1.82) is 0 Å². The standard InChI is InChI=1S/C21H26F2N2O4S/c1-3-30(27,28)24-19-10-11-21(22,23)13-16(19)14-29-17-8-6-15(7-9-17)18-5-4-12-25(2)20(18)26/h4-9,12,16,19,24H,3,10-11,13-14H2,1-2H3/t16-,19-/m0/s1. The van der Waals surface area contributed by atoms with Crippen LogP contribution in [0.3, 0.4) is 0 Å². The van der Waals surface area contributed by atoms with Crippen LogP contribution in [0, 0.1) is 5.92 Å². The Morgan fingerprint density at radius 1 is 1.23 bits per heavy atom. The van der Waals surface area contributed by atoms with Crippen molar-refractivity contribution in [2.45, 2.75) is 38.2 Å². The molecule has 1 N–H and O–H groups in total. The Kier molecular flexibility index (Phi) is 6.62. The highest BCUT2D eigenvalue weighted by atomic mass is 32.2. The van der Waals surface area contributed by atoms with E-state index < -0.39 is 34.3 Å². The van der Waals surface area contributed by atoms with E-state index in [2.05, 4.69) is 4.72 Å². The van der Waals surface area contributed by atoms with Gasteiger partial charge >= 0.3 is 0 Å². The third-order valence-corrected chi connectivity index (χ3v) is 6.84. The van der Waals surface area contributed by atoms with Crippen LogP contribution in [0.25, 0.3) is 11.1 Å². The van der Waals surface area contributed by atoms with E-state index in [4.69, 9.17) is 4.74 Å². The van der Waals surface area contributed by atoms with Crippen molar-refractivity contribution in [3.05, 3.63) is 52.9 Å². The van der Waals surface area contributed by atoms with Gasteiger partial charge in [0.25, 0.3) is 5.56 Å². The third-order valence-electron chi connectivity index (χ3n) is 5.41. The average molecular weight is 441 g/mol. The van der Waals surface area contributed by atoms with Crippen LogP contribution in [-0.4, -0.2) is 37.3 Å². The van der Waals surface area contributed by atoms with Gasteiger partial charge in [-0.15, -0.1) is 0 Å². The molecule has 1 aliphatic rings. The van der Waals surface area contributed by atoms with Crippen molar-refractivity contribution >= 4 is 10.0 Å². The summed E-state index contributed by atoms with van der Waals surface area (Å²) in [7, 11) is -1.83. The molecule has 9 heteroatoms. The summed E-state index contributed by atoms with van der Waals surface area (Å²) in [5.74, 6) is -3.11. The van der Waals surface area contributed by atoms with E-state index in [1.54, 1.807) is 49.6 Å². The Morgan fingerprint density at radius 3 is 2.60 bits per heavy atom. The van der Waals surface area contributed by atoms with Crippen LogP contribution >= 0.6 is 0 Å². The number of hydrogen-bond donors (Lipinski definition) is 1. The summed E-state index contributed by atoms with van der Waals surface area (Å²) in [6.07, 6.45) is 0.964. The molecular formula is C21H26F2N2O4S. The number of sulfonamides is 1. The maximum absolute atomic E-state index is 13.9. The maximum atomic E-state index is 13.9. The number of alkyl halides is 2. The smallest absolute Gasteiger partial charge is 0.258 e. The molecular weight excluding hydrogens is 414 g/mol. The highest BCUT2D eigenvalue weighted by Crippen LogP contribution is 2.37. The molecule has 1 aliphatic carbocycles. The number of pyridine rings is 1. The van der Waals surface area contributed by atoms with Crippen LogP contribution in [0.4, 0.5) is 8.78 Å². The summed E-state index contributed by atoms with van der Waals surface area (Å²) >= 11 is 0. The number of nitrogens with one attached hydrogen (secondary N) is 1. The summed E-state index contributed by atoms with van der Waals surface area (Å²) in [6, 6.07) is 9.75. The lowest BCUT2D eigenvalue weighted by Gasteiger charge is -2.36. The van der Waals surface area contributed by atoms with E-state index in [0.717, 1.165) is 5.56 Å². The molecule has 0 aliphatic heterocycles. The normalized spacial score (nSPS) is 21.3. The first-order valence-corrected chi connectivity index (χ1v) is 11.5. The molecule has 30 heavy (non-hydrogen) atoms. The van der Waals surface area contributed by atoms with Gasteiger partial charge in [0.15, 0.2) is 0 Å². The second-order valence-electron chi connectivity index (χ2n) is 7.66. The summed E-state index contributed by atoms with van der Waals surface area (Å²) < 4.78 is 61.4. The molecule has 0 saturated heterocycles. The number of aryl methyl sites for hydroxylation is 1. The lowest BCUT2D eigenvalue weighted by Crippen LogP contribution is -2.48. The molecule has 0 radical (unpaired) electrons. The second-order valence-corrected chi connectivity index (χ2v) is 9.70.